The fourth-order valence-electron chi connectivity index (χ4n) is 8.26. The number of morpholine rings is 1. The van der Waals surface area contributed by atoms with Gasteiger partial charge in [-0.3, -0.25) is 24.1 Å². The summed E-state index contributed by atoms with van der Waals surface area (Å²) in [6.45, 7) is 17.0. The van der Waals surface area contributed by atoms with Crippen molar-refractivity contribution in [2.45, 2.75) is 82.4 Å². The van der Waals surface area contributed by atoms with Crippen molar-refractivity contribution in [3.8, 4) is 0 Å². The normalized spacial score (nSPS) is 27.8. The molecule has 2 N–H and O–H groups in total. The zero-order chi connectivity index (χ0) is 36.0. The topological polar surface area (TPSA) is 138 Å². The number of allylic oxidation sites excluding steroid dienone is 1. The second kappa shape index (κ2) is 16.6. The summed E-state index contributed by atoms with van der Waals surface area (Å²) in [6, 6.07) is 6.93. The summed E-state index contributed by atoms with van der Waals surface area (Å²) >= 11 is 0. The molecule has 8 atom stereocenters. The van der Waals surface area contributed by atoms with Crippen LogP contribution in [0.2, 0.25) is 0 Å². The predicted octanol–water partition coefficient (Wildman–Crippen LogP) is 2.48. The van der Waals surface area contributed by atoms with Crippen molar-refractivity contribution in [1.29, 1.82) is 0 Å². The lowest BCUT2D eigenvalue weighted by Gasteiger charge is -2.40. The summed E-state index contributed by atoms with van der Waals surface area (Å²) in [4.78, 5) is 61.9. The highest BCUT2D eigenvalue weighted by atomic mass is 16.6. The third-order valence-electron chi connectivity index (χ3n) is 10.8. The number of esters is 1. The van der Waals surface area contributed by atoms with Crippen molar-refractivity contribution >= 4 is 23.7 Å². The number of ether oxygens (including phenoxy) is 3. The first-order valence-corrected chi connectivity index (χ1v) is 18.0. The number of nitrogens with zero attached hydrogens (tertiary/aromatic N) is 3. The van der Waals surface area contributed by atoms with Crippen molar-refractivity contribution in [2.75, 3.05) is 52.5 Å². The first kappa shape index (κ1) is 37.7. The van der Waals surface area contributed by atoms with Crippen molar-refractivity contribution in [1.82, 2.24) is 20.0 Å². The van der Waals surface area contributed by atoms with Gasteiger partial charge in [-0.2, -0.15) is 0 Å². The van der Waals surface area contributed by atoms with E-state index in [1.807, 2.05) is 44.2 Å². The number of aliphatic hydroxyl groups is 1. The Kier molecular flexibility index (Phi) is 12.5. The Balaban J connectivity index is 1.45. The van der Waals surface area contributed by atoms with Gasteiger partial charge in [0.05, 0.1) is 49.8 Å². The molecule has 4 saturated heterocycles. The van der Waals surface area contributed by atoms with Crippen LogP contribution in [0.3, 0.4) is 0 Å². The van der Waals surface area contributed by atoms with E-state index in [1.54, 1.807) is 24.0 Å². The van der Waals surface area contributed by atoms with E-state index in [1.165, 1.54) is 4.90 Å². The Bertz CT molecular complexity index is 1380. The van der Waals surface area contributed by atoms with Gasteiger partial charge in [0.15, 0.2) is 0 Å². The zero-order valence-corrected chi connectivity index (χ0v) is 29.7. The van der Waals surface area contributed by atoms with E-state index >= 15 is 0 Å². The summed E-state index contributed by atoms with van der Waals surface area (Å²) in [5.41, 5.74) is -0.556. The largest absolute Gasteiger partial charge is 0.455 e. The highest BCUT2D eigenvalue weighted by molar-refractivity contribution is 5.98. The van der Waals surface area contributed by atoms with Crippen LogP contribution in [0, 0.1) is 17.8 Å². The second-order valence-electron chi connectivity index (χ2n) is 14.3. The van der Waals surface area contributed by atoms with Crippen LogP contribution in [-0.4, -0.2) is 126 Å². The number of nitrogens with one attached hydrogen (secondary N) is 1. The fraction of sp³-hybridized carbons (Fsp3) is 0.632. The Morgan fingerprint density at radius 1 is 1.14 bits per heavy atom. The summed E-state index contributed by atoms with van der Waals surface area (Å²) in [6.07, 6.45) is 3.56. The van der Waals surface area contributed by atoms with E-state index in [4.69, 9.17) is 14.2 Å². The summed E-state index contributed by atoms with van der Waals surface area (Å²) in [5, 5.41) is 13.6. The number of likely N-dealkylation sites (tertiary alicyclic amines) is 1. The van der Waals surface area contributed by atoms with Gasteiger partial charge >= 0.3 is 5.97 Å². The number of carbonyl (C=O) groups excluding carboxylic acids is 4. The van der Waals surface area contributed by atoms with E-state index in [9.17, 15) is 24.3 Å². The first-order chi connectivity index (χ1) is 24.1. The Hall–Kier alpha value is -3.58. The highest BCUT2D eigenvalue weighted by Gasteiger charge is 2.76. The molecule has 1 aromatic carbocycles. The van der Waals surface area contributed by atoms with E-state index in [0.717, 1.165) is 13.1 Å². The summed E-state index contributed by atoms with van der Waals surface area (Å²) < 4.78 is 18.4. The van der Waals surface area contributed by atoms with E-state index < -0.39 is 53.7 Å². The summed E-state index contributed by atoms with van der Waals surface area (Å²) in [5.74, 6) is -3.56. The lowest BCUT2D eigenvalue weighted by molar-refractivity contribution is -0.163. The minimum absolute atomic E-state index is 0.175. The minimum Gasteiger partial charge on any atom is -0.455 e. The fourth-order valence-corrected chi connectivity index (χ4v) is 8.26. The van der Waals surface area contributed by atoms with Gasteiger partial charge in [-0.15, -0.1) is 13.2 Å². The molecule has 3 amide bonds. The van der Waals surface area contributed by atoms with Crippen molar-refractivity contribution in [3.05, 3.63) is 61.2 Å². The maximum Gasteiger partial charge on any atom is 0.313 e. The molecule has 2 bridgehead atoms. The molecule has 0 radical (unpaired) electrons. The molecule has 12 heteroatoms. The second-order valence-corrected chi connectivity index (χ2v) is 14.3. The molecular formula is C38H54N4O8. The Labute approximate surface area is 295 Å². The number of aliphatic hydroxyl groups excluding tert-OH is 1. The molecule has 274 valence electrons. The monoisotopic (exact) mass is 694 g/mol. The zero-order valence-electron chi connectivity index (χ0n) is 29.7. The molecule has 4 aliphatic heterocycles. The van der Waals surface area contributed by atoms with Gasteiger partial charge in [0.25, 0.3) is 0 Å². The molecule has 0 aromatic heterocycles. The Morgan fingerprint density at radius 3 is 2.50 bits per heavy atom. The van der Waals surface area contributed by atoms with Crippen molar-refractivity contribution < 1.29 is 38.5 Å². The molecule has 5 rings (SSSR count). The molecule has 0 unspecified atom stereocenters. The lowest BCUT2D eigenvalue weighted by atomic mass is 9.70. The van der Waals surface area contributed by atoms with E-state index in [2.05, 4.69) is 23.4 Å². The molecule has 1 aromatic rings. The van der Waals surface area contributed by atoms with E-state index in [0.29, 0.717) is 51.1 Å². The maximum atomic E-state index is 14.8. The number of fused-ring (bicyclic) bond motifs is 1. The average Bonchev–Trinajstić information content (AvgIpc) is 3.76. The highest BCUT2D eigenvalue weighted by Crippen LogP contribution is 2.59. The molecule has 4 heterocycles. The number of benzene rings is 1. The van der Waals surface area contributed by atoms with Crippen LogP contribution in [-0.2, 0) is 33.4 Å². The molecule has 0 saturated carbocycles. The van der Waals surface area contributed by atoms with Crippen LogP contribution in [0.1, 0.15) is 58.1 Å². The molecule has 50 heavy (non-hydrogen) atoms. The van der Waals surface area contributed by atoms with Crippen LogP contribution in [0.15, 0.2) is 55.6 Å². The van der Waals surface area contributed by atoms with Crippen LogP contribution in [0.25, 0.3) is 0 Å². The molecule has 4 fully saturated rings. The number of hydrogen-bond acceptors (Lipinski definition) is 9. The quantitative estimate of drug-likeness (QED) is 0.186. The summed E-state index contributed by atoms with van der Waals surface area (Å²) in [7, 11) is 0. The number of hydrogen-bond donors (Lipinski definition) is 2. The van der Waals surface area contributed by atoms with Crippen LogP contribution < -0.4 is 5.32 Å². The number of amides is 3. The van der Waals surface area contributed by atoms with Gasteiger partial charge in [0.1, 0.15) is 17.7 Å². The van der Waals surface area contributed by atoms with Gasteiger partial charge in [-0.25, -0.2) is 0 Å². The third-order valence-corrected chi connectivity index (χ3v) is 10.8. The lowest BCUT2D eigenvalue weighted by Crippen LogP contribution is -2.60. The van der Waals surface area contributed by atoms with Gasteiger partial charge in [0.2, 0.25) is 17.7 Å². The first-order valence-electron chi connectivity index (χ1n) is 18.0. The van der Waals surface area contributed by atoms with E-state index in [-0.39, 0.29) is 43.2 Å². The van der Waals surface area contributed by atoms with Gasteiger partial charge in [-0.05, 0) is 37.7 Å². The van der Waals surface area contributed by atoms with Gasteiger partial charge in [0, 0.05) is 39.1 Å². The average molecular weight is 695 g/mol. The van der Waals surface area contributed by atoms with Crippen molar-refractivity contribution in [3.63, 3.8) is 0 Å². The Morgan fingerprint density at radius 2 is 1.86 bits per heavy atom. The SMILES string of the molecule is C=CCCC(=O)N[C@@H](C)[C@H](OC(=O)[C@@H]1[C@@H]2CC[C@]3(O2)[C@H](C(=O)N(CC=C)CCN2CCOCC2)N([C@@H](CO)C(C)C)C(=O)[C@@H]13)c1ccccc1. The predicted molar refractivity (Wildman–Crippen MR) is 187 cm³/mol. The third kappa shape index (κ3) is 7.54. The van der Waals surface area contributed by atoms with Gasteiger partial charge < -0.3 is 34.4 Å². The smallest absolute Gasteiger partial charge is 0.313 e. The molecule has 12 nitrogen and oxygen atoms in total. The van der Waals surface area contributed by atoms with Crippen LogP contribution >= 0.6 is 0 Å². The minimum atomic E-state index is -1.25. The number of carbonyl (C=O) groups is 4. The van der Waals surface area contributed by atoms with Crippen molar-refractivity contribution in [2.24, 2.45) is 17.8 Å². The van der Waals surface area contributed by atoms with Gasteiger partial charge in [-0.1, -0.05) is 56.3 Å². The molecule has 0 aliphatic carbocycles. The molecule has 4 aliphatic rings. The standard InChI is InChI=1S/C38H54N4O8/c1-6-8-14-30(44)39-26(5)33(27-12-10-9-11-13-27)49-37(47)31-29-15-16-38(50-29)32(31)35(45)42(28(24-43)25(3)4)34(38)36(46)41(17-7-2)19-18-40-20-22-48-23-21-40/h6-7,9-13,25-26,28-29,31-34,43H,1-2,8,14-24H2,3-5H3,(H,39,44)/t26-,28-,29-,31+,32+,33-,34-,38+/m0/s1. The van der Waals surface area contributed by atoms with Crippen LogP contribution in [0.4, 0.5) is 0 Å². The van der Waals surface area contributed by atoms with Crippen LogP contribution in [0.5, 0.6) is 0 Å². The molecular weight excluding hydrogens is 640 g/mol. The molecule has 1 spiro atoms. The number of rotatable bonds is 17. The maximum absolute atomic E-state index is 14.8.